The number of rotatable bonds is 4. The third-order valence-corrected chi connectivity index (χ3v) is 3.29. The van der Waals surface area contributed by atoms with Crippen LogP contribution in [0.5, 0.6) is 0 Å². The molecule has 1 aromatic carbocycles. The Morgan fingerprint density at radius 3 is 2.56 bits per heavy atom. The molecule has 2 nitrogen and oxygen atoms in total. The first-order valence-electron chi connectivity index (χ1n) is 5.38. The Hall–Kier alpha value is -1.19. The number of benzene rings is 1. The van der Waals surface area contributed by atoms with E-state index >= 15 is 0 Å². The van der Waals surface area contributed by atoms with Gasteiger partial charge in [-0.3, -0.25) is 4.90 Å². The number of hydrogen-bond acceptors (Lipinski definition) is 3. The quantitative estimate of drug-likeness (QED) is 0.805. The summed E-state index contributed by atoms with van der Waals surface area (Å²) in [5.74, 6) is 0. The van der Waals surface area contributed by atoms with E-state index in [4.69, 9.17) is 0 Å². The molecule has 0 aliphatic rings. The minimum Gasteiger partial charge on any atom is -0.297 e. The molecule has 0 radical (unpaired) electrons. The van der Waals surface area contributed by atoms with Gasteiger partial charge in [-0.2, -0.15) is 0 Å². The van der Waals surface area contributed by atoms with Crippen LogP contribution < -0.4 is 0 Å². The summed E-state index contributed by atoms with van der Waals surface area (Å²) in [4.78, 5) is 7.91. The van der Waals surface area contributed by atoms with Crippen LogP contribution >= 0.6 is 11.3 Å². The highest BCUT2D eigenvalue weighted by atomic mass is 32.1. The molecule has 2 aromatic rings. The summed E-state index contributed by atoms with van der Waals surface area (Å²) in [6.45, 7) is 4.00. The lowest BCUT2D eigenvalue weighted by Gasteiger charge is -2.15. The van der Waals surface area contributed by atoms with E-state index < -0.39 is 0 Å². The average molecular weight is 232 g/mol. The molecule has 0 saturated heterocycles. The molecule has 0 bridgehead atoms. The van der Waals surface area contributed by atoms with Crippen molar-refractivity contribution in [2.45, 2.75) is 20.0 Å². The predicted octanol–water partition coefficient (Wildman–Crippen LogP) is 3.08. The van der Waals surface area contributed by atoms with Crippen molar-refractivity contribution >= 4 is 11.3 Å². The summed E-state index contributed by atoms with van der Waals surface area (Å²) in [6, 6.07) is 10.5. The monoisotopic (exact) mass is 232 g/mol. The normalized spacial score (nSPS) is 10.9. The van der Waals surface area contributed by atoms with Crippen LogP contribution in [0.4, 0.5) is 0 Å². The van der Waals surface area contributed by atoms with E-state index in [1.54, 1.807) is 11.3 Å². The summed E-state index contributed by atoms with van der Waals surface area (Å²) in [7, 11) is 2.14. The van der Waals surface area contributed by atoms with Crippen LogP contribution in [-0.2, 0) is 13.1 Å². The molecular formula is C13H16N2S. The molecule has 16 heavy (non-hydrogen) atoms. The van der Waals surface area contributed by atoms with Gasteiger partial charge in [-0.25, -0.2) is 4.98 Å². The van der Waals surface area contributed by atoms with Gasteiger partial charge in [-0.1, -0.05) is 30.3 Å². The van der Waals surface area contributed by atoms with Crippen LogP contribution in [0.2, 0.25) is 0 Å². The number of hydrogen-bond donors (Lipinski definition) is 0. The first kappa shape index (κ1) is 11.3. The van der Waals surface area contributed by atoms with Crippen LogP contribution in [0.1, 0.15) is 15.4 Å². The van der Waals surface area contributed by atoms with Crippen molar-refractivity contribution in [3.8, 4) is 0 Å². The Morgan fingerprint density at radius 2 is 1.94 bits per heavy atom. The van der Waals surface area contributed by atoms with Crippen LogP contribution in [0.15, 0.2) is 36.5 Å². The summed E-state index contributed by atoms with van der Waals surface area (Å²) < 4.78 is 0. The topological polar surface area (TPSA) is 16.1 Å². The van der Waals surface area contributed by atoms with E-state index in [1.165, 1.54) is 10.4 Å². The van der Waals surface area contributed by atoms with Crippen LogP contribution in [-0.4, -0.2) is 16.9 Å². The molecule has 0 atom stereocenters. The lowest BCUT2D eigenvalue weighted by atomic mass is 10.2. The molecule has 3 heteroatoms. The van der Waals surface area contributed by atoms with Gasteiger partial charge in [0.15, 0.2) is 0 Å². The van der Waals surface area contributed by atoms with Gasteiger partial charge in [0.1, 0.15) is 0 Å². The second-order valence-corrected chi connectivity index (χ2v) is 5.32. The minimum absolute atomic E-state index is 0.973. The third-order valence-electron chi connectivity index (χ3n) is 2.39. The van der Waals surface area contributed by atoms with Gasteiger partial charge in [-0.15, -0.1) is 11.3 Å². The van der Waals surface area contributed by atoms with Crippen LogP contribution in [0.3, 0.4) is 0 Å². The van der Waals surface area contributed by atoms with Gasteiger partial charge < -0.3 is 0 Å². The average Bonchev–Trinajstić information content (AvgIpc) is 2.65. The SMILES string of the molecule is Cc1ncc(CN(C)Cc2ccccc2)s1. The van der Waals surface area contributed by atoms with E-state index in [1.807, 2.05) is 13.1 Å². The van der Waals surface area contributed by atoms with Gasteiger partial charge in [0, 0.05) is 24.2 Å². The first-order chi connectivity index (χ1) is 7.74. The molecule has 0 N–H and O–H groups in total. The molecule has 1 heterocycles. The number of thiazole rings is 1. The van der Waals surface area contributed by atoms with Gasteiger partial charge >= 0.3 is 0 Å². The fourth-order valence-electron chi connectivity index (χ4n) is 1.70. The highest BCUT2D eigenvalue weighted by Crippen LogP contribution is 2.14. The largest absolute Gasteiger partial charge is 0.297 e. The molecule has 0 amide bonds. The van der Waals surface area contributed by atoms with Crippen molar-refractivity contribution in [3.63, 3.8) is 0 Å². The van der Waals surface area contributed by atoms with Gasteiger partial charge in [0.2, 0.25) is 0 Å². The Morgan fingerprint density at radius 1 is 1.19 bits per heavy atom. The van der Waals surface area contributed by atoms with Gasteiger partial charge in [-0.05, 0) is 19.5 Å². The number of nitrogens with zero attached hydrogens (tertiary/aromatic N) is 2. The molecule has 0 saturated carbocycles. The van der Waals surface area contributed by atoms with E-state index in [2.05, 4.69) is 47.3 Å². The molecule has 0 aliphatic heterocycles. The maximum Gasteiger partial charge on any atom is 0.0897 e. The van der Waals surface area contributed by atoms with Crippen molar-refractivity contribution in [1.82, 2.24) is 9.88 Å². The second kappa shape index (κ2) is 5.23. The summed E-state index contributed by atoms with van der Waals surface area (Å²) in [5.41, 5.74) is 1.35. The maximum atomic E-state index is 4.27. The van der Waals surface area contributed by atoms with E-state index in [9.17, 15) is 0 Å². The van der Waals surface area contributed by atoms with Crippen molar-refractivity contribution in [2.24, 2.45) is 0 Å². The molecule has 0 aliphatic carbocycles. The molecule has 1 aromatic heterocycles. The lowest BCUT2D eigenvalue weighted by Crippen LogP contribution is -2.16. The molecular weight excluding hydrogens is 216 g/mol. The van der Waals surface area contributed by atoms with E-state index in [-0.39, 0.29) is 0 Å². The summed E-state index contributed by atoms with van der Waals surface area (Å²) in [5, 5.41) is 1.14. The van der Waals surface area contributed by atoms with Gasteiger partial charge in [0.05, 0.1) is 5.01 Å². The smallest absolute Gasteiger partial charge is 0.0897 e. The Balaban J connectivity index is 1.92. The zero-order chi connectivity index (χ0) is 11.4. The molecule has 2 rings (SSSR count). The van der Waals surface area contributed by atoms with Crippen molar-refractivity contribution < 1.29 is 0 Å². The fourth-order valence-corrected chi connectivity index (χ4v) is 2.57. The first-order valence-corrected chi connectivity index (χ1v) is 6.19. The number of aryl methyl sites for hydroxylation is 1. The Labute approximate surface area is 101 Å². The molecule has 0 spiro atoms. The van der Waals surface area contributed by atoms with Crippen molar-refractivity contribution in [2.75, 3.05) is 7.05 Å². The zero-order valence-corrected chi connectivity index (χ0v) is 10.5. The van der Waals surface area contributed by atoms with Crippen molar-refractivity contribution in [1.29, 1.82) is 0 Å². The highest BCUT2D eigenvalue weighted by molar-refractivity contribution is 7.11. The van der Waals surface area contributed by atoms with Crippen molar-refractivity contribution in [3.05, 3.63) is 52.0 Å². The zero-order valence-electron chi connectivity index (χ0n) is 9.68. The third kappa shape index (κ3) is 3.15. The number of aromatic nitrogens is 1. The lowest BCUT2D eigenvalue weighted by molar-refractivity contribution is 0.322. The Bertz CT molecular complexity index is 436. The molecule has 84 valence electrons. The predicted molar refractivity (Wildman–Crippen MR) is 68.5 cm³/mol. The summed E-state index contributed by atoms with van der Waals surface area (Å²) in [6.07, 6.45) is 1.97. The van der Waals surface area contributed by atoms with E-state index in [0.29, 0.717) is 0 Å². The fraction of sp³-hybridized carbons (Fsp3) is 0.308. The van der Waals surface area contributed by atoms with Gasteiger partial charge in [0.25, 0.3) is 0 Å². The van der Waals surface area contributed by atoms with E-state index in [0.717, 1.165) is 18.1 Å². The molecule has 0 unspecified atom stereocenters. The highest BCUT2D eigenvalue weighted by Gasteiger charge is 2.03. The molecule has 0 fully saturated rings. The van der Waals surface area contributed by atoms with Crippen LogP contribution in [0, 0.1) is 6.92 Å². The second-order valence-electron chi connectivity index (χ2n) is 4.00. The maximum absolute atomic E-state index is 4.27. The minimum atomic E-state index is 0.973. The standard InChI is InChI=1S/C13H16N2S/c1-11-14-8-13(16-11)10-15(2)9-12-6-4-3-5-7-12/h3-8H,9-10H2,1-2H3. The van der Waals surface area contributed by atoms with Crippen LogP contribution in [0.25, 0.3) is 0 Å². The Kier molecular flexibility index (Phi) is 3.70. The summed E-state index contributed by atoms with van der Waals surface area (Å²) >= 11 is 1.77.